The van der Waals surface area contributed by atoms with E-state index in [1.54, 1.807) is 67.6 Å². The summed E-state index contributed by atoms with van der Waals surface area (Å²) in [6.07, 6.45) is -0.978. The molecule has 2 aromatic carbocycles. The first-order valence-corrected chi connectivity index (χ1v) is 11.5. The molecular formula is C22H22NO8P. The van der Waals surface area contributed by atoms with Gasteiger partial charge in [0.15, 0.2) is 5.70 Å². The van der Waals surface area contributed by atoms with Gasteiger partial charge in [-0.25, -0.2) is 4.79 Å². The fourth-order valence-electron chi connectivity index (χ4n) is 4.04. The molecule has 0 spiro atoms. The van der Waals surface area contributed by atoms with E-state index >= 15 is 0 Å². The zero-order chi connectivity index (χ0) is 23.0. The Hall–Kier alpha value is -3.29. The van der Waals surface area contributed by atoms with E-state index in [9.17, 15) is 24.4 Å². The lowest BCUT2D eigenvalue weighted by Crippen LogP contribution is -2.63. The summed E-state index contributed by atoms with van der Waals surface area (Å²) in [5, 5.41) is 19.8. The Kier molecular flexibility index (Phi) is 5.71. The second-order valence-corrected chi connectivity index (χ2v) is 9.06. The number of aliphatic hydroxyl groups excluding tert-OH is 1. The van der Waals surface area contributed by atoms with Gasteiger partial charge in [0.25, 0.3) is 0 Å². The Balaban J connectivity index is 1.71. The summed E-state index contributed by atoms with van der Waals surface area (Å²) in [6.45, 7) is 3.11. The van der Waals surface area contributed by atoms with Crippen molar-refractivity contribution in [2.45, 2.75) is 26.0 Å². The zero-order valence-electron chi connectivity index (χ0n) is 17.3. The first-order chi connectivity index (χ1) is 15.2. The summed E-state index contributed by atoms with van der Waals surface area (Å²) >= 11 is 0. The number of carboxylic acid groups (broad SMARTS) is 1. The molecule has 0 aromatic heterocycles. The van der Waals surface area contributed by atoms with Crippen molar-refractivity contribution in [2.24, 2.45) is 11.8 Å². The average Bonchev–Trinajstić information content (AvgIpc) is 2.97. The molecule has 168 valence electrons. The highest BCUT2D eigenvalue weighted by atomic mass is 31.2. The van der Waals surface area contributed by atoms with Crippen LogP contribution in [0, 0.1) is 11.8 Å². The molecule has 2 aliphatic heterocycles. The number of phosphoric acid groups is 1. The number of aliphatic carboxylic acids is 1. The Morgan fingerprint density at radius 2 is 1.50 bits per heavy atom. The van der Waals surface area contributed by atoms with E-state index in [-0.39, 0.29) is 17.3 Å². The molecule has 2 aliphatic rings. The van der Waals surface area contributed by atoms with E-state index in [1.807, 2.05) is 0 Å². The van der Waals surface area contributed by atoms with Gasteiger partial charge in [0, 0.05) is 5.92 Å². The van der Waals surface area contributed by atoms with E-state index < -0.39 is 49.4 Å². The lowest BCUT2D eigenvalue weighted by Gasteiger charge is -2.45. The Bertz CT molecular complexity index is 1060. The fraction of sp³-hybridized carbons (Fsp3) is 0.273. The first kappa shape index (κ1) is 21.9. The SMILES string of the molecule is CC1C(OP(=O)(Oc2ccccc2)Oc2ccccc2)=C(C(=O)O)N2C(=O)C([C@@H](C)O)C12. The molecule has 2 N–H and O–H groups in total. The van der Waals surface area contributed by atoms with Crippen LogP contribution in [0.15, 0.2) is 72.1 Å². The van der Waals surface area contributed by atoms with Gasteiger partial charge in [-0.3, -0.25) is 9.69 Å². The van der Waals surface area contributed by atoms with Crippen molar-refractivity contribution in [1.82, 2.24) is 4.90 Å². The maximum absolute atomic E-state index is 13.7. The third-order valence-corrected chi connectivity index (χ3v) is 6.73. The Morgan fingerprint density at radius 1 is 1.00 bits per heavy atom. The number of para-hydroxylation sites is 2. The summed E-state index contributed by atoms with van der Waals surface area (Å²) < 4.78 is 30.5. The third kappa shape index (κ3) is 3.85. The van der Waals surface area contributed by atoms with Crippen LogP contribution in [0.4, 0.5) is 0 Å². The number of benzene rings is 2. The average molecular weight is 459 g/mol. The number of carbonyl (C=O) groups is 2. The molecule has 0 saturated carbocycles. The summed E-state index contributed by atoms with van der Waals surface area (Å²) in [5.41, 5.74) is -0.432. The van der Waals surface area contributed by atoms with Crippen LogP contribution in [0.1, 0.15) is 13.8 Å². The van der Waals surface area contributed by atoms with Crippen LogP contribution >= 0.6 is 7.82 Å². The minimum Gasteiger partial charge on any atom is -0.476 e. The zero-order valence-corrected chi connectivity index (χ0v) is 18.2. The molecule has 4 atom stereocenters. The van der Waals surface area contributed by atoms with Crippen molar-refractivity contribution in [2.75, 3.05) is 0 Å². The molecule has 4 rings (SSSR count). The number of aliphatic hydroxyl groups is 1. The predicted molar refractivity (Wildman–Crippen MR) is 112 cm³/mol. The number of hydrogen-bond acceptors (Lipinski definition) is 7. The first-order valence-electron chi connectivity index (χ1n) is 9.99. The van der Waals surface area contributed by atoms with Crippen molar-refractivity contribution >= 4 is 19.7 Å². The molecule has 10 heteroatoms. The van der Waals surface area contributed by atoms with Crippen molar-refractivity contribution in [3.05, 3.63) is 72.1 Å². The summed E-state index contributed by atoms with van der Waals surface area (Å²) in [6, 6.07) is 15.7. The number of carbonyl (C=O) groups excluding carboxylic acids is 1. The normalized spacial score (nSPS) is 23.3. The second-order valence-electron chi connectivity index (χ2n) is 7.62. The van der Waals surface area contributed by atoms with Crippen LogP contribution in [-0.2, 0) is 18.7 Å². The topological polar surface area (TPSA) is 123 Å². The number of phosphoric ester groups is 1. The Morgan fingerprint density at radius 3 is 1.94 bits per heavy atom. The van der Waals surface area contributed by atoms with Gasteiger partial charge in [0.1, 0.15) is 17.3 Å². The number of nitrogens with zero attached hydrogens (tertiary/aromatic N) is 1. The number of hydrogen-bond donors (Lipinski definition) is 2. The van der Waals surface area contributed by atoms with Crippen molar-refractivity contribution in [3.63, 3.8) is 0 Å². The second kappa shape index (κ2) is 8.33. The number of carboxylic acids is 1. The number of amides is 1. The standard InChI is InChI=1S/C22H22NO8P/c1-13-18-17(14(2)24)21(25)23(18)19(22(26)27)20(13)31-32(28,29-15-9-5-3-6-10-15)30-16-11-7-4-8-12-16/h3-14,17-18,24H,1-2H3,(H,26,27)/t13?,14-,17?,18?/m1/s1. The number of β-lactam (4-membered cyclic amide) rings is 1. The third-order valence-electron chi connectivity index (χ3n) is 5.44. The van der Waals surface area contributed by atoms with E-state index in [0.717, 1.165) is 4.90 Å². The molecule has 1 amide bonds. The summed E-state index contributed by atoms with van der Waals surface area (Å²) in [7, 11) is -4.44. The molecule has 0 aliphatic carbocycles. The van der Waals surface area contributed by atoms with Gasteiger partial charge in [0.05, 0.1) is 18.1 Å². The highest BCUT2D eigenvalue weighted by molar-refractivity contribution is 7.49. The fourth-order valence-corrected chi connectivity index (χ4v) is 5.40. The molecule has 9 nitrogen and oxygen atoms in total. The van der Waals surface area contributed by atoms with E-state index in [0.29, 0.717) is 0 Å². The van der Waals surface area contributed by atoms with Crippen LogP contribution < -0.4 is 9.05 Å². The maximum atomic E-state index is 13.7. The molecule has 0 radical (unpaired) electrons. The van der Waals surface area contributed by atoms with Crippen molar-refractivity contribution in [3.8, 4) is 11.5 Å². The predicted octanol–water partition coefficient (Wildman–Crippen LogP) is 3.42. The molecule has 2 aromatic rings. The number of fused-ring (bicyclic) bond motifs is 1. The molecule has 2 heterocycles. The quantitative estimate of drug-likeness (QED) is 0.455. The summed E-state index contributed by atoms with van der Waals surface area (Å²) in [4.78, 5) is 25.6. The Labute approximate surface area is 184 Å². The van der Waals surface area contributed by atoms with Gasteiger partial charge in [-0.15, -0.1) is 0 Å². The van der Waals surface area contributed by atoms with Gasteiger partial charge in [0.2, 0.25) is 5.91 Å². The monoisotopic (exact) mass is 459 g/mol. The van der Waals surface area contributed by atoms with Crippen molar-refractivity contribution < 1.29 is 37.9 Å². The van der Waals surface area contributed by atoms with E-state index in [1.165, 1.54) is 6.92 Å². The lowest BCUT2D eigenvalue weighted by atomic mass is 9.79. The van der Waals surface area contributed by atoms with E-state index in [2.05, 4.69) is 0 Å². The molecular weight excluding hydrogens is 437 g/mol. The maximum Gasteiger partial charge on any atom is 0.646 e. The highest BCUT2D eigenvalue weighted by Crippen LogP contribution is 2.56. The van der Waals surface area contributed by atoms with Crippen LogP contribution in [-0.4, -0.2) is 39.1 Å². The molecule has 32 heavy (non-hydrogen) atoms. The highest BCUT2D eigenvalue weighted by Gasteiger charge is 2.62. The molecule has 1 saturated heterocycles. The minimum atomic E-state index is -4.44. The molecule has 3 unspecified atom stereocenters. The van der Waals surface area contributed by atoms with Crippen molar-refractivity contribution in [1.29, 1.82) is 0 Å². The minimum absolute atomic E-state index is 0.191. The van der Waals surface area contributed by atoms with Gasteiger partial charge in [-0.1, -0.05) is 43.3 Å². The lowest BCUT2D eigenvalue weighted by molar-refractivity contribution is -0.163. The summed E-state index contributed by atoms with van der Waals surface area (Å²) in [5.74, 6) is -3.22. The van der Waals surface area contributed by atoms with E-state index in [4.69, 9.17) is 13.6 Å². The number of rotatable bonds is 8. The smallest absolute Gasteiger partial charge is 0.476 e. The van der Waals surface area contributed by atoms with Crippen LogP contribution in [0.3, 0.4) is 0 Å². The van der Waals surface area contributed by atoms with Gasteiger partial charge >= 0.3 is 13.8 Å². The van der Waals surface area contributed by atoms with Crippen LogP contribution in [0.2, 0.25) is 0 Å². The van der Waals surface area contributed by atoms with Gasteiger partial charge in [-0.2, -0.15) is 4.57 Å². The van der Waals surface area contributed by atoms with Gasteiger partial charge in [-0.05, 0) is 31.2 Å². The van der Waals surface area contributed by atoms with Crippen LogP contribution in [0.5, 0.6) is 11.5 Å². The van der Waals surface area contributed by atoms with Gasteiger partial charge < -0.3 is 23.8 Å². The molecule has 1 fully saturated rings. The van der Waals surface area contributed by atoms with Crippen LogP contribution in [0.25, 0.3) is 0 Å². The largest absolute Gasteiger partial charge is 0.646 e. The molecule has 0 bridgehead atoms.